The van der Waals surface area contributed by atoms with Crippen LogP contribution in [-0.4, -0.2) is 34.5 Å². The highest BCUT2D eigenvalue weighted by molar-refractivity contribution is 6.30. The molecule has 0 aliphatic carbocycles. The molecule has 1 amide bonds. The highest BCUT2D eigenvalue weighted by Crippen LogP contribution is 2.25. The number of amides is 1. The first-order chi connectivity index (χ1) is 8.99. The molecule has 0 bridgehead atoms. The average molecular weight is 282 g/mol. The van der Waals surface area contributed by atoms with Crippen molar-refractivity contribution in [3.8, 4) is 0 Å². The van der Waals surface area contributed by atoms with Crippen LogP contribution in [0.15, 0.2) is 24.3 Å². The van der Waals surface area contributed by atoms with Crippen molar-refractivity contribution in [2.75, 3.05) is 6.54 Å². The van der Waals surface area contributed by atoms with Crippen molar-refractivity contribution >= 4 is 23.5 Å². The van der Waals surface area contributed by atoms with Crippen molar-refractivity contribution in [2.24, 2.45) is 5.92 Å². The Balaban J connectivity index is 2.07. The number of likely N-dealkylation sites (tertiary alicyclic amines) is 1. The first-order valence-electron chi connectivity index (χ1n) is 6.25. The number of carboxylic acids is 1. The van der Waals surface area contributed by atoms with Gasteiger partial charge in [-0.15, -0.1) is 0 Å². The van der Waals surface area contributed by atoms with Crippen LogP contribution in [-0.2, 0) is 16.0 Å². The van der Waals surface area contributed by atoms with E-state index in [0.717, 1.165) is 12.0 Å². The third kappa shape index (κ3) is 3.07. The molecule has 1 saturated heterocycles. The van der Waals surface area contributed by atoms with E-state index in [1.165, 1.54) is 4.90 Å². The van der Waals surface area contributed by atoms with Crippen LogP contribution in [0, 0.1) is 5.92 Å². The topological polar surface area (TPSA) is 57.6 Å². The Labute approximate surface area is 117 Å². The van der Waals surface area contributed by atoms with Crippen molar-refractivity contribution in [1.29, 1.82) is 0 Å². The quantitative estimate of drug-likeness (QED) is 0.924. The van der Waals surface area contributed by atoms with Gasteiger partial charge in [-0.3, -0.25) is 4.79 Å². The maximum absolute atomic E-state index is 12.2. The summed E-state index contributed by atoms with van der Waals surface area (Å²) >= 11 is 5.79. The molecule has 1 aromatic carbocycles. The minimum atomic E-state index is -0.922. The Hall–Kier alpha value is -1.55. The first kappa shape index (κ1) is 13.9. The van der Waals surface area contributed by atoms with Crippen LogP contribution in [0.1, 0.15) is 18.9 Å². The Morgan fingerprint density at radius 3 is 2.58 bits per heavy atom. The largest absolute Gasteiger partial charge is 0.480 e. The zero-order valence-electron chi connectivity index (χ0n) is 10.7. The predicted octanol–water partition coefficient (Wildman–Crippen LogP) is 2.20. The van der Waals surface area contributed by atoms with Gasteiger partial charge in [0, 0.05) is 11.6 Å². The van der Waals surface area contributed by atoms with Crippen molar-refractivity contribution in [2.45, 2.75) is 25.8 Å². The molecule has 0 radical (unpaired) electrons. The average Bonchev–Trinajstić information content (AvgIpc) is 2.74. The van der Waals surface area contributed by atoms with Gasteiger partial charge in [-0.1, -0.05) is 30.7 Å². The number of carbonyl (C=O) groups is 2. The van der Waals surface area contributed by atoms with E-state index in [2.05, 4.69) is 0 Å². The van der Waals surface area contributed by atoms with Crippen LogP contribution >= 0.6 is 11.6 Å². The van der Waals surface area contributed by atoms with E-state index in [4.69, 9.17) is 11.6 Å². The summed E-state index contributed by atoms with van der Waals surface area (Å²) in [7, 11) is 0. The Morgan fingerprint density at radius 1 is 1.37 bits per heavy atom. The fraction of sp³-hybridized carbons (Fsp3) is 0.429. The molecule has 1 N–H and O–H groups in total. The predicted molar refractivity (Wildman–Crippen MR) is 72.1 cm³/mol. The van der Waals surface area contributed by atoms with E-state index in [0.29, 0.717) is 11.6 Å². The fourth-order valence-corrected chi connectivity index (χ4v) is 2.61. The molecule has 0 aromatic heterocycles. The summed E-state index contributed by atoms with van der Waals surface area (Å²) in [5.74, 6) is -1.06. The number of halogens is 1. The maximum Gasteiger partial charge on any atom is 0.326 e. The summed E-state index contributed by atoms with van der Waals surface area (Å²) in [6, 6.07) is 6.34. The second-order valence-electron chi connectivity index (χ2n) is 4.94. The Morgan fingerprint density at radius 2 is 2.00 bits per heavy atom. The molecule has 1 aliphatic heterocycles. The van der Waals surface area contributed by atoms with Crippen LogP contribution in [0.4, 0.5) is 0 Å². The molecule has 5 heteroatoms. The lowest BCUT2D eigenvalue weighted by Crippen LogP contribution is -2.43. The lowest BCUT2D eigenvalue weighted by Gasteiger charge is -2.23. The van der Waals surface area contributed by atoms with Crippen molar-refractivity contribution < 1.29 is 14.7 Å². The van der Waals surface area contributed by atoms with Crippen LogP contribution in [0.25, 0.3) is 0 Å². The summed E-state index contributed by atoms with van der Waals surface area (Å²) in [6.07, 6.45) is 0.955. The van der Waals surface area contributed by atoms with Crippen molar-refractivity contribution in [3.05, 3.63) is 34.9 Å². The molecule has 2 rings (SSSR count). The number of hydrogen-bond acceptors (Lipinski definition) is 2. The smallest absolute Gasteiger partial charge is 0.326 e. The normalized spacial score (nSPS) is 22.5. The van der Waals surface area contributed by atoms with Crippen LogP contribution in [0.3, 0.4) is 0 Å². The summed E-state index contributed by atoms with van der Waals surface area (Å²) in [6.45, 7) is 2.39. The molecule has 2 unspecified atom stereocenters. The summed E-state index contributed by atoms with van der Waals surface area (Å²) < 4.78 is 0. The lowest BCUT2D eigenvalue weighted by molar-refractivity contribution is -0.149. The highest BCUT2D eigenvalue weighted by Gasteiger charge is 2.39. The minimum Gasteiger partial charge on any atom is -0.480 e. The third-order valence-corrected chi connectivity index (χ3v) is 3.79. The number of aliphatic carboxylic acids is 1. The van der Waals surface area contributed by atoms with Gasteiger partial charge in [-0.05, 0) is 30.0 Å². The third-order valence-electron chi connectivity index (χ3n) is 3.54. The minimum absolute atomic E-state index is 0.00617. The molecule has 102 valence electrons. The van der Waals surface area contributed by atoms with Gasteiger partial charge in [0.25, 0.3) is 0 Å². The van der Waals surface area contributed by atoms with Gasteiger partial charge >= 0.3 is 5.97 Å². The van der Waals surface area contributed by atoms with E-state index in [9.17, 15) is 14.7 Å². The van der Waals surface area contributed by atoms with Crippen molar-refractivity contribution in [3.63, 3.8) is 0 Å². The number of carboxylic acid groups (broad SMARTS) is 1. The summed E-state index contributed by atoms with van der Waals surface area (Å²) in [4.78, 5) is 24.9. The van der Waals surface area contributed by atoms with E-state index in [1.54, 1.807) is 24.3 Å². The van der Waals surface area contributed by atoms with E-state index < -0.39 is 12.0 Å². The van der Waals surface area contributed by atoms with Crippen LogP contribution in [0.5, 0.6) is 0 Å². The van der Waals surface area contributed by atoms with E-state index in [-0.39, 0.29) is 18.2 Å². The van der Waals surface area contributed by atoms with Gasteiger partial charge in [-0.2, -0.15) is 0 Å². The second kappa shape index (κ2) is 5.61. The van der Waals surface area contributed by atoms with Gasteiger partial charge in [0.05, 0.1) is 6.42 Å². The van der Waals surface area contributed by atoms with Gasteiger partial charge in [0.2, 0.25) is 5.91 Å². The number of benzene rings is 1. The lowest BCUT2D eigenvalue weighted by atomic mass is 10.0. The zero-order valence-corrected chi connectivity index (χ0v) is 11.4. The molecular weight excluding hydrogens is 266 g/mol. The van der Waals surface area contributed by atoms with Crippen LogP contribution < -0.4 is 0 Å². The second-order valence-corrected chi connectivity index (χ2v) is 5.38. The fourth-order valence-electron chi connectivity index (χ4n) is 2.48. The SMILES string of the molecule is CC1CCN(C(=O)Cc2ccc(Cl)cc2)C1C(=O)O. The molecule has 19 heavy (non-hydrogen) atoms. The Bertz CT molecular complexity index is 486. The monoisotopic (exact) mass is 281 g/mol. The summed E-state index contributed by atoms with van der Waals surface area (Å²) in [5, 5.41) is 9.81. The molecule has 1 fully saturated rings. The number of nitrogens with zero attached hydrogens (tertiary/aromatic N) is 1. The van der Waals surface area contributed by atoms with Gasteiger partial charge < -0.3 is 10.0 Å². The summed E-state index contributed by atoms with van der Waals surface area (Å²) in [5.41, 5.74) is 0.845. The molecule has 0 spiro atoms. The molecule has 1 aliphatic rings. The molecule has 1 heterocycles. The van der Waals surface area contributed by atoms with Crippen LogP contribution in [0.2, 0.25) is 5.02 Å². The van der Waals surface area contributed by atoms with E-state index >= 15 is 0 Å². The standard InChI is InChI=1S/C14H16ClNO3/c1-9-6-7-16(13(9)14(18)19)12(17)8-10-2-4-11(15)5-3-10/h2-5,9,13H,6-8H2,1H3,(H,18,19). The molecule has 4 nitrogen and oxygen atoms in total. The van der Waals surface area contributed by atoms with Crippen molar-refractivity contribution in [1.82, 2.24) is 4.90 Å². The van der Waals surface area contributed by atoms with E-state index in [1.807, 2.05) is 6.92 Å². The number of carbonyl (C=O) groups excluding carboxylic acids is 1. The van der Waals surface area contributed by atoms with Gasteiger partial charge in [0.1, 0.15) is 6.04 Å². The zero-order chi connectivity index (χ0) is 14.0. The maximum atomic E-state index is 12.2. The first-order valence-corrected chi connectivity index (χ1v) is 6.63. The van der Waals surface area contributed by atoms with Gasteiger partial charge in [0.15, 0.2) is 0 Å². The molecule has 0 saturated carbocycles. The molecular formula is C14H16ClNO3. The highest BCUT2D eigenvalue weighted by atomic mass is 35.5. The van der Waals surface area contributed by atoms with Gasteiger partial charge in [-0.25, -0.2) is 4.79 Å². The molecule has 2 atom stereocenters. The number of hydrogen-bond donors (Lipinski definition) is 1. The Kier molecular flexibility index (Phi) is 4.10. The number of rotatable bonds is 3. The molecule has 1 aromatic rings.